The number of allylic oxidation sites excluding steroid dienone is 2. The normalized spacial score (nSPS) is 27.2. The van der Waals surface area contributed by atoms with Gasteiger partial charge in [0, 0.05) is 18.9 Å². The molecule has 0 saturated heterocycles. The first-order valence-electron chi connectivity index (χ1n) is 13.8. The number of nitrogens with one attached hydrogen (secondary N) is 2. The van der Waals surface area contributed by atoms with E-state index in [-0.39, 0.29) is 42.2 Å². The van der Waals surface area contributed by atoms with Gasteiger partial charge in [0.2, 0.25) is 5.91 Å². The molecule has 0 aliphatic carbocycles. The Bertz CT molecular complexity index is 1100. The predicted molar refractivity (Wildman–Crippen MR) is 153 cm³/mol. The molecule has 10 nitrogen and oxygen atoms in total. The van der Waals surface area contributed by atoms with E-state index in [0.717, 1.165) is 5.57 Å². The molecule has 0 radical (unpaired) electrons. The summed E-state index contributed by atoms with van der Waals surface area (Å²) in [6.07, 6.45) is 10.5. The molecule has 1 aliphatic rings. The van der Waals surface area contributed by atoms with Gasteiger partial charge in [0.1, 0.15) is 18.4 Å². The number of fused-ring (bicyclic) bond motifs is 2. The fourth-order valence-corrected chi connectivity index (χ4v) is 4.35. The number of unbranched alkanes of at least 4 members (excludes halogenated alkanes) is 1. The third-order valence-corrected chi connectivity index (χ3v) is 6.43. The summed E-state index contributed by atoms with van der Waals surface area (Å²) in [7, 11) is 0. The van der Waals surface area contributed by atoms with Crippen LogP contribution in [0, 0.1) is 11.8 Å². The first kappa shape index (κ1) is 32.7. The lowest BCUT2D eigenvalue weighted by atomic mass is 9.94. The minimum absolute atomic E-state index is 0.0296. The molecule has 5 N–H and O–H groups in total. The van der Waals surface area contributed by atoms with Crippen LogP contribution in [0.15, 0.2) is 58.8 Å². The highest BCUT2D eigenvalue weighted by Crippen LogP contribution is 2.20. The van der Waals surface area contributed by atoms with E-state index in [0.29, 0.717) is 37.9 Å². The van der Waals surface area contributed by atoms with Gasteiger partial charge in [0.25, 0.3) is 5.91 Å². The number of ether oxygens (including phenoxy) is 1. The van der Waals surface area contributed by atoms with Crippen molar-refractivity contribution in [2.75, 3.05) is 13.1 Å². The summed E-state index contributed by atoms with van der Waals surface area (Å²) >= 11 is 0. The van der Waals surface area contributed by atoms with Gasteiger partial charge in [-0.15, -0.1) is 0 Å². The molecular formula is C30H44N4O6. The third-order valence-electron chi connectivity index (χ3n) is 6.43. The molecule has 2 heterocycles. The van der Waals surface area contributed by atoms with Crippen molar-refractivity contribution in [3.05, 3.63) is 66.0 Å². The Kier molecular flexibility index (Phi) is 13.5. The summed E-state index contributed by atoms with van der Waals surface area (Å²) in [5.41, 5.74) is 7.16. The zero-order valence-electron chi connectivity index (χ0n) is 24.0. The number of amides is 2. The molecular weight excluding hydrogens is 512 g/mol. The zero-order chi connectivity index (χ0) is 29.7. The second-order valence-electron chi connectivity index (χ2n) is 10.6. The average molecular weight is 557 g/mol. The molecule has 0 fully saturated rings. The second-order valence-corrected chi connectivity index (χ2v) is 10.6. The third kappa shape index (κ3) is 11.3. The number of hydrogen-bond acceptors (Lipinski definition) is 8. The zero-order valence-corrected chi connectivity index (χ0v) is 24.0. The van der Waals surface area contributed by atoms with Crippen molar-refractivity contribution >= 4 is 17.8 Å². The number of aromatic nitrogens is 1. The molecule has 4 unspecified atom stereocenters. The van der Waals surface area contributed by atoms with E-state index in [2.05, 4.69) is 22.2 Å². The minimum Gasteiger partial charge on any atom is -0.460 e. The summed E-state index contributed by atoms with van der Waals surface area (Å²) in [4.78, 5) is 42.8. The number of nitrogens with two attached hydrogens (primary N) is 1. The molecule has 40 heavy (non-hydrogen) atoms. The Morgan fingerprint density at radius 1 is 1.23 bits per heavy atom. The van der Waals surface area contributed by atoms with Crippen LogP contribution in [0.3, 0.4) is 0 Å². The molecule has 220 valence electrons. The highest BCUT2D eigenvalue weighted by Gasteiger charge is 2.30. The van der Waals surface area contributed by atoms with E-state index in [9.17, 15) is 19.5 Å². The summed E-state index contributed by atoms with van der Waals surface area (Å²) in [5, 5.41) is 15.9. The van der Waals surface area contributed by atoms with Crippen LogP contribution in [0.25, 0.3) is 0 Å². The van der Waals surface area contributed by atoms with Crippen molar-refractivity contribution in [2.45, 2.75) is 78.0 Å². The van der Waals surface area contributed by atoms with Crippen molar-refractivity contribution in [3.8, 4) is 0 Å². The van der Waals surface area contributed by atoms with Gasteiger partial charge in [-0.3, -0.25) is 9.59 Å². The number of oxazole rings is 1. The summed E-state index contributed by atoms with van der Waals surface area (Å²) in [6.45, 7) is 12.3. The molecule has 1 aliphatic heterocycles. The number of aliphatic hydroxyl groups is 1. The highest BCUT2D eigenvalue weighted by molar-refractivity contribution is 5.95. The van der Waals surface area contributed by atoms with Crippen LogP contribution in [0.1, 0.15) is 69.8 Å². The smallest absolute Gasteiger partial charge is 0.328 e. The first-order valence-corrected chi connectivity index (χ1v) is 13.8. The van der Waals surface area contributed by atoms with Gasteiger partial charge in [0.05, 0.1) is 6.10 Å². The number of cyclic esters (lactones) is 1. The Balaban J connectivity index is 2.33. The SMILES string of the molecule is C=C1Cc2nc(co2)C(=O)NC(CCCCN)C(=O)OC(C(C)C)C(C)/C=C/C(=O)NC/C=C/C(C)=C/C(O)C1. The molecule has 0 saturated carbocycles. The fourth-order valence-electron chi connectivity index (χ4n) is 4.35. The molecule has 2 rings (SSSR count). The van der Waals surface area contributed by atoms with Crippen molar-refractivity contribution in [3.63, 3.8) is 0 Å². The van der Waals surface area contributed by atoms with E-state index in [1.165, 1.54) is 12.3 Å². The van der Waals surface area contributed by atoms with Crippen molar-refractivity contribution in [1.29, 1.82) is 0 Å². The molecule has 1 aromatic rings. The van der Waals surface area contributed by atoms with Crippen LogP contribution in [-0.4, -0.2) is 59.2 Å². The van der Waals surface area contributed by atoms with Gasteiger partial charge in [0.15, 0.2) is 11.6 Å². The number of aliphatic hydroxyl groups excluding tert-OH is 1. The van der Waals surface area contributed by atoms with Gasteiger partial charge in [-0.2, -0.15) is 0 Å². The maximum Gasteiger partial charge on any atom is 0.328 e. The number of carbonyl (C=O) groups is 3. The van der Waals surface area contributed by atoms with Crippen molar-refractivity contribution < 1.29 is 28.6 Å². The molecule has 1 aromatic heterocycles. The van der Waals surface area contributed by atoms with Gasteiger partial charge in [-0.25, -0.2) is 9.78 Å². The van der Waals surface area contributed by atoms with E-state index in [1.807, 2.05) is 33.8 Å². The van der Waals surface area contributed by atoms with Crippen molar-refractivity contribution in [2.24, 2.45) is 17.6 Å². The molecule has 2 amide bonds. The lowest BCUT2D eigenvalue weighted by Gasteiger charge is -2.28. The van der Waals surface area contributed by atoms with Gasteiger partial charge in [-0.1, -0.05) is 62.8 Å². The van der Waals surface area contributed by atoms with Crippen molar-refractivity contribution in [1.82, 2.24) is 15.6 Å². The van der Waals surface area contributed by atoms with Crippen LogP contribution in [0.4, 0.5) is 0 Å². The maximum absolute atomic E-state index is 13.3. The summed E-state index contributed by atoms with van der Waals surface area (Å²) in [6, 6.07) is -0.909. The van der Waals surface area contributed by atoms with Crippen LogP contribution in [0.5, 0.6) is 0 Å². The summed E-state index contributed by atoms with van der Waals surface area (Å²) in [5.74, 6) is -1.43. The Labute approximate surface area is 236 Å². The number of nitrogens with zero attached hydrogens (tertiary/aromatic N) is 1. The Morgan fingerprint density at radius 2 is 1.98 bits per heavy atom. The standard InChI is InChI=1S/C30H44N4O6/c1-19(2)28-22(5)11-12-26(36)32-14-8-9-20(3)15-23(35)16-21(4)17-27-33-25(18-39-27)29(37)34-24(30(38)40-28)10-6-7-13-31/h8-9,11-12,15,18-19,22-24,28,35H,4,6-7,10,13-14,16-17,31H2,1-3,5H3,(H,32,36)(H,34,37)/b9-8+,12-11+,20-15+. The molecule has 10 heteroatoms. The van der Waals surface area contributed by atoms with Crippen LogP contribution >= 0.6 is 0 Å². The highest BCUT2D eigenvalue weighted by atomic mass is 16.5. The quantitative estimate of drug-likeness (QED) is 0.245. The second kappa shape index (κ2) is 16.6. The Morgan fingerprint density at radius 3 is 2.67 bits per heavy atom. The Hall–Kier alpha value is -3.50. The average Bonchev–Trinajstić information content (AvgIpc) is 3.35. The monoisotopic (exact) mass is 556 g/mol. The molecule has 2 bridgehead atoms. The van der Waals surface area contributed by atoms with E-state index >= 15 is 0 Å². The van der Waals surface area contributed by atoms with Gasteiger partial charge < -0.3 is 30.6 Å². The molecule has 0 aromatic carbocycles. The lowest BCUT2D eigenvalue weighted by molar-refractivity contribution is -0.155. The fraction of sp³-hybridized carbons (Fsp3) is 0.533. The first-order chi connectivity index (χ1) is 19.0. The van der Waals surface area contributed by atoms with Gasteiger partial charge >= 0.3 is 5.97 Å². The van der Waals surface area contributed by atoms with E-state index in [1.54, 1.807) is 18.2 Å². The van der Waals surface area contributed by atoms with Crippen LogP contribution in [-0.2, 0) is 20.7 Å². The molecule has 4 atom stereocenters. The van der Waals surface area contributed by atoms with Crippen LogP contribution in [0.2, 0.25) is 0 Å². The van der Waals surface area contributed by atoms with E-state index < -0.39 is 30.1 Å². The number of carbonyl (C=O) groups excluding carboxylic acids is 3. The molecule has 0 spiro atoms. The minimum atomic E-state index is -0.909. The number of rotatable bonds is 5. The largest absolute Gasteiger partial charge is 0.460 e. The maximum atomic E-state index is 13.3. The summed E-state index contributed by atoms with van der Waals surface area (Å²) < 4.78 is 11.4. The topological polar surface area (TPSA) is 157 Å². The predicted octanol–water partition coefficient (Wildman–Crippen LogP) is 3.14. The van der Waals surface area contributed by atoms with Gasteiger partial charge in [-0.05, 0) is 51.1 Å². The number of hydrogen-bond donors (Lipinski definition) is 4. The van der Waals surface area contributed by atoms with E-state index in [4.69, 9.17) is 14.9 Å². The lowest BCUT2D eigenvalue weighted by Crippen LogP contribution is -2.44. The number of esters is 1. The van der Waals surface area contributed by atoms with Crippen LogP contribution < -0.4 is 16.4 Å².